The topological polar surface area (TPSA) is 63.6 Å². The predicted octanol–water partition coefficient (Wildman–Crippen LogP) is 3.11. The quantitative estimate of drug-likeness (QED) is 0.661. The number of halogens is 1. The van der Waals surface area contributed by atoms with E-state index < -0.39 is 0 Å². The summed E-state index contributed by atoms with van der Waals surface area (Å²) in [5, 5.41) is 4.08. The molecule has 32 heavy (non-hydrogen) atoms. The van der Waals surface area contributed by atoms with E-state index in [1.807, 2.05) is 23.1 Å². The van der Waals surface area contributed by atoms with Gasteiger partial charge >= 0.3 is 0 Å². The van der Waals surface area contributed by atoms with Gasteiger partial charge in [-0.2, -0.15) is 0 Å². The molecule has 6 nitrogen and oxygen atoms in total. The molecular weight excluding hydrogens is 426 g/mol. The van der Waals surface area contributed by atoms with Gasteiger partial charge in [0.1, 0.15) is 0 Å². The molecule has 0 spiro atoms. The van der Waals surface area contributed by atoms with Crippen molar-refractivity contribution in [2.24, 2.45) is 13.0 Å². The Morgan fingerprint density at radius 3 is 2.78 bits per heavy atom. The summed E-state index contributed by atoms with van der Waals surface area (Å²) in [6.07, 6.45) is 5.52. The first-order chi connectivity index (χ1) is 15.5. The van der Waals surface area contributed by atoms with Crippen LogP contribution in [0.2, 0.25) is 5.02 Å². The van der Waals surface area contributed by atoms with Crippen molar-refractivity contribution < 1.29 is 9.53 Å². The maximum atomic E-state index is 13.8. The molecule has 7 heteroatoms. The monoisotopic (exact) mass is 457 g/mol. The van der Waals surface area contributed by atoms with E-state index >= 15 is 0 Å². The van der Waals surface area contributed by atoms with Gasteiger partial charge in [-0.05, 0) is 67.0 Å². The Morgan fingerprint density at radius 1 is 1.25 bits per heavy atom. The molecule has 1 aromatic carbocycles. The van der Waals surface area contributed by atoms with E-state index in [-0.39, 0.29) is 29.3 Å². The molecule has 172 valence electrons. The van der Waals surface area contributed by atoms with E-state index in [2.05, 4.69) is 11.4 Å². The number of hydrogen-bond donors (Lipinski definition) is 1. The van der Waals surface area contributed by atoms with Crippen LogP contribution in [0.5, 0.6) is 0 Å². The maximum absolute atomic E-state index is 13.8. The average molecular weight is 458 g/mol. The summed E-state index contributed by atoms with van der Waals surface area (Å²) in [5.74, 6) is 0.0121. The standard InChI is InChI=1S/C25H32ClN3O3/c1-28-11-8-18(14-24(28)30)21-7-10-27-15-22(21)25(31)29(20-4-5-20)16-19-13-17(9-12-32-2)3-6-23(19)26/h3,6,8,11,13-14,20-22,27H,4-5,7,9-10,12,15-16H2,1-2H3/t21?,22-/m0/s1. The number of nitrogens with one attached hydrogen (secondary N) is 1. The zero-order chi connectivity index (χ0) is 22.7. The number of ether oxygens (including phenoxy) is 1. The summed E-state index contributed by atoms with van der Waals surface area (Å²) < 4.78 is 6.77. The fourth-order valence-electron chi connectivity index (χ4n) is 4.61. The fourth-order valence-corrected chi connectivity index (χ4v) is 4.78. The molecule has 1 aromatic heterocycles. The van der Waals surface area contributed by atoms with Crippen molar-refractivity contribution in [1.82, 2.24) is 14.8 Å². The van der Waals surface area contributed by atoms with Crippen LogP contribution in [-0.2, 0) is 29.5 Å². The second-order valence-corrected chi connectivity index (χ2v) is 9.39. The van der Waals surface area contributed by atoms with Crippen molar-refractivity contribution in [2.75, 3.05) is 26.8 Å². The van der Waals surface area contributed by atoms with Gasteiger partial charge in [0, 0.05) is 50.6 Å². The molecule has 0 radical (unpaired) electrons. The number of aryl methyl sites for hydroxylation is 1. The second-order valence-electron chi connectivity index (χ2n) is 8.98. The number of rotatable bonds is 8. The smallest absolute Gasteiger partial charge is 0.250 e. The Hall–Kier alpha value is -2.15. The molecule has 4 rings (SSSR count). The number of hydrogen-bond acceptors (Lipinski definition) is 4. The van der Waals surface area contributed by atoms with Crippen molar-refractivity contribution in [1.29, 1.82) is 0 Å². The van der Waals surface area contributed by atoms with Crippen molar-refractivity contribution in [3.8, 4) is 0 Å². The van der Waals surface area contributed by atoms with Crippen LogP contribution in [0, 0.1) is 5.92 Å². The number of piperidine rings is 1. The molecule has 2 heterocycles. The normalized spacial score (nSPS) is 20.8. The summed E-state index contributed by atoms with van der Waals surface area (Å²) in [6, 6.07) is 9.98. The SMILES string of the molecule is COCCc1ccc(Cl)c(CN(C(=O)[C@H]2CNCCC2c2ccn(C)c(=O)c2)C2CC2)c1. The number of benzene rings is 1. The molecule has 2 fully saturated rings. The third kappa shape index (κ3) is 5.25. The lowest BCUT2D eigenvalue weighted by Gasteiger charge is -2.36. The first kappa shape index (κ1) is 23.0. The lowest BCUT2D eigenvalue weighted by molar-refractivity contribution is -0.138. The molecule has 1 N–H and O–H groups in total. The van der Waals surface area contributed by atoms with Gasteiger partial charge < -0.3 is 19.5 Å². The Balaban J connectivity index is 1.57. The molecule has 1 saturated heterocycles. The minimum atomic E-state index is -0.188. The summed E-state index contributed by atoms with van der Waals surface area (Å²) in [5.41, 5.74) is 3.07. The molecule has 1 saturated carbocycles. The van der Waals surface area contributed by atoms with Gasteiger partial charge in [-0.15, -0.1) is 0 Å². The first-order valence-electron chi connectivity index (χ1n) is 11.4. The van der Waals surface area contributed by atoms with Crippen LogP contribution in [0.15, 0.2) is 41.3 Å². The molecular formula is C25H32ClN3O3. The molecule has 1 aliphatic carbocycles. The van der Waals surface area contributed by atoms with Gasteiger partial charge in [0.05, 0.1) is 12.5 Å². The van der Waals surface area contributed by atoms with E-state index in [0.717, 1.165) is 48.9 Å². The Kier molecular flexibility index (Phi) is 7.33. The zero-order valence-corrected chi connectivity index (χ0v) is 19.6. The minimum Gasteiger partial charge on any atom is -0.384 e. The van der Waals surface area contributed by atoms with E-state index in [4.69, 9.17) is 16.3 Å². The first-order valence-corrected chi connectivity index (χ1v) is 11.8. The van der Waals surface area contributed by atoms with E-state index in [1.54, 1.807) is 31.0 Å². The number of nitrogens with zero attached hydrogens (tertiary/aromatic N) is 2. The number of pyridine rings is 1. The average Bonchev–Trinajstić information content (AvgIpc) is 3.64. The van der Waals surface area contributed by atoms with Crippen molar-refractivity contribution in [3.05, 3.63) is 68.6 Å². The van der Waals surface area contributed by atoms with Crippen LogP contribution >= 0.6 is 11.6 Å². The van der Waals surface area contributed by atoms with Crippen LogP contribution in [0.3, 0.4) is 0 Å². The molecule has 1 unspecified atom stereocenters. The molecule has 2 aliphatic rings. The predicted molar refractivity (Wildman–Crippen MR) is 126 cm³/mol. The van der Waals surface area contributed by atoms with Gasteiger partial charge in [0.2, 0.25) is 5.91 Å². The highest BCUT2D eigenvalue weighted by Crippen LogP contribution is 2.36. The van der Waals surface area contributed by atoms with Gasteiger partial charge in [0.15, 0.2) is 0 Å². The number of amides is 1. The van der Waals surface area contributed by atoms with Crippen molar-refractivity contribution >= 4 is 17.5 Å². The highest BCUT2D eigenvalue weighted by molar-refractivity contribution is 6.31. The van der Waals surface area contributed by atoms with Gasteiger partial charge in [-0.1, -0.05) is 23.7 Å². The second kappa shape index (κ2) is 10.2. The minimum absolute atomic E-state index is 0.0362. The number of carbonyl (C=O) groups excluding carboxylic acids is 1. The zero-order valence-electron chi connectivity index (χ0n) is 18.9. The Morgan fingerprint density at radius 2 is 2.06 bits per heavy atom. The van der Waals surface area contributed by atoms with Crippen LogP contribution in [0.25, 0.3) is 0 Å². The van der Waals surface area contributed by atoms with Gasteiger partial charge in [-0.25, -0.2) is 0 Å². The fraction of sp³-hybridized carbons (Fsp3) is 0.520. The number of carbonyl (C=O) groups is 1. The van der Waals surface area contributed by atoms with E-state index in [9.17, 15) is 9.59 Å². The summed E-state index contributed by atoms with van der Waals surface area (Å²) in [4.78, 5) is 28.1. The Labute approximate surface area is 194 Å². The van der Waals surface area contributed by atoms with Crippen LogP contribution in [0.1, 0.15) is 41.9 Å². The van der Waals surface area contributed by atoms with E-state index in [1.165, 1.54) is 0 Å². The molecule has 2 atom stereocenters. The highest BCUT2D eigenvalue weighted by atomic mass is 35.5. The third-order valence-electron chi connectivity index (χ3n) is 6.67. The Bertz CT molecular complexity index is 1020. The lowest BCUT2D eigenvalue weighted by atomic mass is 9.80. The van der Waals surface area contributed by atoms with E-state index in [0.29, 0.717) is 24.7 Å². The van der Waals surface area contributed by atoms with Gasteiger partial charge in [0.25, 0.3) is 5.56 Å². The largest absolute Gasteiger partial charge is 0.384 e. The maximum Gasteiger partial charge on any atom is 0.250 e. The molecule has 2 aromatic rings. The lowest BCUT2D eigenvalue weighted by Crippen LogP contribution is -2.47. The molecule has 1 amide bonds. The van der Waals surface area contributed by atoms with Crippen molar-refractivity contribution in [3.63, 3.8) is 0 Å². The molecule has 1 aliphatic heterocycles. The van der Waals surface area contributed by atoms with Crippen molar-refractivity contribution in [2.45, 2.75) is 44.2 Å². The summed E-state index contributed by atoms with van der Waals surface area (Å²) in [6.45, 7) is 2.64. The third-order valence-corrected chi connectivity index (χ3v) is 7.04. The van der Waals surface area contributed by atoms with Gasteiger partial charge in [-0.3, -0.25) is 9.59 Å². The highest BCUT2D eigenvalue weighted by Gasteiger charge is 2.40. The van der Waals surface area contributed by atoms with Crippen LogP contribution in [0.4, 0.5) is 0 Å². The summed E-state index contributed by atoms with van der Waals surface area (Å²) >= 11 is 6.53. The number of aromatic nitrogens is 1. The number of methoxy groups -OCH3 is 1. The summed E-state index contributed by atoms with van der Waals surface area (Å²) in [7, 11) is 3.44. The van der Waals surface area contributed by atoms with Crippen LogP contribution in [-0.4, -0.2) is 48.2 Å². The van der Waals surface area contributed by atoms with Crippen LogP contribution < -0.4 is 10.9 Å². The molecule has 0 bridgehead atoms.